The van der Waals surface area contributed by atoms with Gasteiger partial charge in [-0.25, -0.2) is 0 Å². The maximum Gasteiger partial charge on any atom is 0.115 e. The molecule has 0 spiro atoms. The second kappa shape index (κ2) is 5.38. The third kappa shape index (κ3) is 5.11. The molecule has 1 N–H and O–H groups in total. The summed E-state index contributed by atoms with van der Waals surface area (Å²) in [6.07, 6.45) is 3.73. The van der Waals surface area contributed by atoms with Gasteiger partial charge >= 0.3 is 0 Å². The van der Waals surface area contributed by atoms with Crippen LogP contribution in [0.2, 0.25) is 0 Å². The first kappa shape index (κ1) is 8.24. The maximum absolute atomic E-state index is 8.39. The minimum atomic E-state index is -0.0996. The van der Waals surface area contributed by atoms with Gasteiger partial charge in [0.25, 0.3) is 0 Å². The molecule has 0 aliphatic heterocycles. The van der Waals surface area contributed by atoms with Crippen molar-refractivity contribution in [3.8, 4) is 0 Å². The van der Waals surface area contributed by atoms with Crippen LogP contribution in [0.15, 0.2) is 24.5 Å². The Morgan fingerprint density at radius 3 is 2.89 bits per heavy atom. The Bertz CT molecular complexity index is 105. The van der Waals surface area contributed by atoms with E-state index in [0.29, 0.717) is 12.4 Å². The Hall–Kier alpha value is -0.760. The third-order valence-corrected chi connectivity index (χ3v) is 0.796. The van der Waals surface area contributed by atoms with E-state index in [1.165, 1.54) is 0 Å². The van der Waals surface area contributed by atoms with Crippen molar-refractivity contribution < 1.29 is 9.84 Å². The zero-order chi connectivity index (χ0) is 7.11. The van der Waals surface area contributed by atoms with Crippen molar-refractivity contribution in [1.82, 2.24) is 0 Å². The van der Waals surface area contributed by atoms with Crippen molar-refractivity contribution in [3.63, 3.8) is 0 Å². The number of allylic oxidation sites excluding steroid dienone is 1. The molecule has 0 amide bonds. The molecule has 0 saturated carbocycles. The molecule has 0 aliphatic rings. The quantitative estimate of drug-likeness (QED) is 0.453. The zero-order valence-electron chi connectivity index (χ0n) is 5.63. The molecule has 0 aliphatic carbocycles. The van der Waals surface area contributed by atoms with E-state index in [1.54, 1.807) is 0 Å². The highest BCUT2D eigenvalue weighted by molar-refractivity contribution is 4.84. The fourth-order valence-corrected chi connectivity index (χ4v) is 0.308. The molecule has 0 heterocycles. The second-order valence-corrected chi connectivity index (χ2v) is 1.58. The summed E-state index contributed by atoms with van der Waals surface area (Å²) >= 11 is 0. The standard InChI is InChI=1S/C7H12O2/c1-3-4-5-9-7(2)6-8/h3-4,8H,2,5-6H2,1H3. The van der Waals surface area contributed by atoms with Crippen molar-refractivity contribution in [3.05, 3.63) is 24.5 Å². The van der Waals surface area contributed by atoms with Crippen LogP contribution in [0.3, 0.4) is 0 Å². The van der Waals surface area contributed by atoms with Gasteiger partial charge in [0, 0.05) is 0 Å². The Morgan fingerprint density at radius 1 is 1.78 bits per heavy atom. The molecule has 2 heteroatoms. The predicted octanol–water partition coefficient (Wildman–Crippen LogP) is 1.09. The Balaban J connectivity index is 3.17. The van der Waals surface area contributed by atoms with Crippen molar-refractivity contribution in [2.24, 2.45) is 0 Å². The van der Waals surface area contributed by atoms with Crippen LogP contribution >= 0.6 is 0 Å². The molecular formula is C7H12O2. The van der Waals surface area contributed by atoms with Crippen LogP contribution in [0.1, 0.15) is 6.92 Å². The maximum atomic E-state index is 8.39. The van der Waals surface area contributed by atoms with Crippen molar-refractivity contribution >= 4 is 0 Å². The van der Waals surface area contributed by atoms with Crippen molar-refractivity contribution in [1.29, 1.82) is 0 Å². The lowest BCUT2D eigenvalue weighted by atomic mass is 10.5. The molecular weight excluding hydrogens is 116 g/mol. The van der Waals surface area contributed by atoms with E-state index in [0.717, 1.165) is 0 Å². The van der Waals surface area contributed by atoms with Gasteiger partial charge in [-0.15, -0.1) is 0 Å². The molecule has 9 heavy (non-hydrogen) atoms. The molecule has 0 aromatic carbocycles. The van der Waals surface area contributed by atoms with Gasteiger partial charge < -0.3 is 9.84 Å². The Morgan fingerprint density at radius 2 is 2.44 bits per heavy atom. The average molecular weight is 128 g/mol. The first-order valence-electron chi connectivity index (χ1n) is 2.84. The summed E-state index contributed by atoms with van der Waals surface area (Å²) in [7, 11) is 0. The highest BCUT2D eigenvalue weighted by atomic mass is 16.5. The van der Waals surface area contributed by atoms with Gasteiger partial charge in [-0.1, -0.05) is 18.7 Å². The van der Waals surface area contributed by atoms with Gasteiger partial charge in [0.05, 0.1) is 6.61 Å². The lowest BCUT2D eigenvalue weighted by Gasteiger charge is -2.00. The first-order valence-corrected chi connectivity index (χ1v) is 2.84. The smallest absolute Gasteiger partial charge is 0.115 e. The van der Waals surface area contributed by atoms with E-state index in [4.69, 9.17) is 9.84 Å². The van der Waals surface area contributed by atoms with Gasteiger partial charge in [0.15, 0.2) is 0 Å². The molecule has 0 fully saturated rings. The summed E-state index contributed by atoms with van der Waals surface area (Å²) in [5, 5.41) is 8.39. The summed E-state index contributed by atoms with van der Waals surface area (Å²) in [5.41, 5.74) is 0. The molecule has 2 nitrogen and oxygen atoms in total. The van der Waals surface area contributed by atoms with Gasteiger partial charge in [0.2, 0.25) is 0 Å². The largest absolute Gasteiger partial charge is 0.492 e. The SMILES string of the molecule is C=C(CO)OCC=CC. The highest BCUT2D eigenvalue weighted by Gasteiger charge is 1.85. The summed E-state index contributed by atoms with van der Waals surface area (Å²) in [4.78, 5) is 0. The molecule has 0 rings (SSSR count). The lowest BCUT2D eigenvalue weighted by Crippen LogP contribution is -1.94. The normalized spacial score (nSPS) is 10.0. The number of ether oxygens (including phenoxy) is 1. The molecule has 0 aromatic rings. The lowest BCUT2D eigenvalue weighted by molar-refractivity contribution is 0.184. The van der Waals surface area contributed by atoms with E-state index in [2.05, 4.69) is 6.58 Å². The van der Waals surface area contributed by atoms with E-state index in [-0.39, 0.29) is 6.61 Å². The van der Waals surface area contributed by atoms with Crippen LogP contribution in [0.25, 0.3) is 0 Å². The fourth-order valence-electron chi connectivity index (χ4n) is 0.308. The number of aliphatic hydroxyl groups excluding tert-OH is 1. The predicted molar refractivity (Wildman–Crippen MR) is 37.0 cm³/mol. The van der Waals surface area contributed by atoms with E-state index < -0.39 is 0 Å². The number of aliphatic hydroxyl groups is 1. The third-order valence-electron chi connectivity index (χ3n) is 0.796. The topological polar surface area (TPSA) is 29.5 Å². The van der Waals surface area contributed by atoms with E-state index in [9.17, 15) is 0 Å². The van der Waals surface area contributed by atoms with Gasteiger partial charge in [-0.3, -0.25) is 0 Å². The summed E-state index contributed by atoms with van der Waals surface area (Å²) in [6, 6.07) is 0. The highest BCUT2D eigenvalue weighted by Crippen LogP contribution is 1.89. The Kier molecular flexibility index (Phi) is 4.92. The van der Waals surface area contributed by atoms with Crippen LogP contribution in [-0.2, 0) is 4.74 Å². The molecule has 52 valence electrons. The molecule has 0 radical (unpaired) electrons. The summed E-state index contributed by atoms with van der Waals surface area (Å²) in [6.45, 7) is 5.74. The molecule has 0 atom stereocenters. The van der Waals surface area contributed by atoms with Crippen LogP contribution < -0.4 is 0 Å². The number of hydrogen-bond acceptors (Lipinski definition) is 2. The van der Waals surface area contributed by atoms with Gasteiger partial charge in [-0.2, -0.15) is 0 Å². The van der Waals surface area contributed by atoms with Crippen LogP contribution in [0, 0.1) is 0 Å². The van der Waals surface area contributed by atoms with Gasteiger partial charge in [-0.05, 0) is 6.92 Å². The minimum absolute atomic E-state index is 0.0996. The summed E-state index contributed by atoms with van der Waals surface area (Å²) in [5.74, 6) is 0.410. The van der Waals surface area contributed by atoms with Crippen LogP contribution in [-0.4, -0.2) is 18.3 Å². The minimum Gasteiger partial charge on any atom is -0.492 e. The van der Waals surface area contributed by atoms with Crippen LogP contribution in [0.4, 0.5) is 0 Å². The van der Waals surface area contributed by atoms with Crippen LogP contribution in [0.5, 0.6) is 0 Å². The van der Waals surface area contributed by atoms with E-state index in [1.807, 2.05) is 19.1 Å². The van der Waals surface area contributed by atoms with Gasteiger partial charge in [0.1, 0.15) is 12.4 Å². The number of rotatable bonds is 4. The summed E-state index contributed by atoms with van der Waals surface area (Å²) < 4.78 is 4.90. The molecule has 0 aromatic heterocycles. The van der Waals surface area contributed by atoms with Crippen molar-refractivity contribution in [2.45, 2.75) is 6.92 Å². The Labute approximate surface area is 55.5 Å². The molecule has 0 saturated heterocycles. The zero-order valence-corrected chi connectivity index (χ0v) is 5.63. The fraction of sp³-hybridized carbons (Fsp3) is 0.429. The molecule has 0 bridgehead atoms. The molecule has 0 unspecified atom stereocenters. The van der Waals surface area contributed by atoms with E-state index >= 15 is 0 Å². The average Bonchev–Trinajstić information content (AvgIpc) is 1.89. The first-order chi connectivity index (χ1) is 4.31. The second-order valence-electron chi connectivity index (χ2n) is 1.58. The number of hydrogen-bond donors (Lipinski definition) is 1. The van der Waals surface area contributed by atoms with Crippen molar-refractivity contribution in [2.75, 3.05) is 13.2 Å². The monoisotopic (exact) mass is 128 g/mol.